The zero-order valence-corrected chi connectivity index (χ0v) is 15.0. The highest BCUT2D eigenvalue weighted by Crippen LogP contribution is 2.24. The number of aryl methyl sites for hydroxylation is 1. The number of carbonyl (C=O) groups is 1. The highest BCUT2D eigenvalue weighted by Gasteiger charge is 2.21. The molecule has 0 saturated heterocycles. The molecule has 3 heterocycles. The molecule has 4 nitrogen and oxygen atoms in total. The molecule has 0 bridgehead atoms. The monoisotopic (exact) mass is 347 g/mol. The molecule has 1 atom stereocenters. The minimum absolute atomic E-state index is 0.0452. The van der Waals surface area contributed by atoms with Gasteiger partial charge in [0, 0.05) is 47.7 Å². The van der Waals surface area contributed by atoms with Crippen molar-refractivity contribution in [2.45, 2.75) is 32.9 Å². The highest BCUT2D eigenvalue weighted by molar-refractivity contribution is 7.12. The smallest absolute Gasteiger partial charge is 0.244 e. The number of rotatable bonds is 5. The maximum absolute atomic E-state index is 11.9. The van der Waals surface area contributed by atoms with Gasteiger partial charge < -0.3 is 5.32 Å². The van der Waals surface area contributed by atoms with Gasteiger partial charge in [-0.15, -0.1) is 22.7 Å². The number of hydrogen-bond acceptors (Lipinski definition) is 5. The van der Waals surface area contributed by atoms with E-state index in [1.165, 1.54) is 10.4 Å². The molecule has 1 aliphatic rings. The molecule has 0 aromatic carbocycles. The third-order valence-corrected chi connectivity index (χ3v) is 5.97. The van der Waals surface area contributed by atoms with Crippen molar-refractivity contribution in [2.24, 2.45) is 0 Å². The largest absolute Gasteiger partial charge is 0.351 e. The Morgan fingerprint density at radius 3 is 3.22 bits per heavy atom. The van der Waals surface area contributed by atoms with Gasteiger partial charge >= 0.3 is 0 Å². The lowest BCUT2D eigenvalue weighted by atomic mass is 10.1. The van der Waals surface area contributed by atoms with Crippen LogP contribution in [0.25, 0.3) is 6.08 Å². The molecule has 1 aliphatic heterocycles. The molecule has 1 amide bonds. The van der Waals surface area contributed by atoms with Crippen molar-refractivity contribution in [2.75, 3.05) is 13.1 Å². The first-order valence-corrected chi connectivity index (χ1v) is 9.49. The number of thiophene rings is 1. The Balaban J connectivity index is 1.46. The van der Waals surface area contributed by atoms with E-state index in [-0.39, 0.29) is 5.91 Å². The van der Waals surface area contributed by atoms with Gasteiger partial charge in [-0.25, -0.2) is 4.98 Å². The van der Waals surface area contributed by atoms with Crippen LogP contribution in [0.4, 0.5) is 0 Å². The molecular weight excluding hydrogens is 326 g/mol. The molecule has 2 aromatic heterocycles. The van der Waals surface area contributed by atoms with Crippen LogP contribution >= 0.6 is 22.7 Å². The Bertz CT molecular complexity index is 704. The second-order valence-corrected chi connectivity index (χ2v) is 8.07. The summed E-state index contributed by atoms with van der Waals surface area (Å²) < 4.78 is 0. The predicted molar refractivity (Wildman–Crippen MR) is 96.8 cm³/mol. The van der Waals surface area contributed by atoms with Crippen LogP contribution in [0.1, 0.15) is 27.2 Å². The first-order chi connectivity index (χ1) is 11.1. The van der Waals surface area contributed by atoms with Crippen molar-refractivity contribution in [1.82, 2.24) is 15.2 Å². The average Bonchev–Trinajstić information content (AvgIpc) is 3.18. The molecule has 0 spiro atoms. The van der Waals surface area contributed by atoms with E-state index in [0.717, 1.165) is 29.4 Å². The Morgan fingerprint density at radius 2 is 2.43 bits per heavy atom. The van der Waals surface area contributed by atoms with Gasteiger partial charge in [0.2, 0.25) is 5.91 Å². The van der Waals surface area contributed by atoms with Gasteiger partial charge in [0.15, 0.2) is 0 Å². The minimum Gasteiger partial charge on any atom is -0.351 e. The van der Waals surface area contributed by atoms with Crippen LogP contribution in [0.5, 0.6) is 0 Å². The molecule has 0 fully saturated rings. The molecule has 3 rings (SSSR count). The number of fused-ring (bicyclic) bond motifs is 1. The van der Waals surface area contributed by atoms with Crippen LogP contribution in [0.2, 0.25) is 0 Å². The number of thiazole rings is 1. The van der Waals surface area contributed by atoms with Crippen molar-refractivity contribution in [1.29, 1.82) is 0 Å². The molecule has 0 unspecified atom stereocenters. The zero-order chi connectivity index (χ0) is 16.2. The second-order valence-electron chi connectivity index (χ2n) is 5.80. The summed E-state index contributed by atoms with van der Waals surface area (Å²) in [6.45, 7) is 6.87. The number of nitrogens with zero attached hydrogens (tertiary/aromatic N) is 2. The van der Waals surface area contributed by atoms with Crippen LogP contribution in [0.3, 0.4) is 0 Å². The first kappa shape index (κ1) is 16.4. The van der Waals surface area contributed by atoms with Gasteiger partial charge in [0.25, 0.3) is 0 Å². The van der Waals surface area contributed by atoms with Crippen LogP contribution < -0.4 is 5.32 Å². The molecule has 122 valence electrons. The fraction of sp³-hybridized carbons (Fsp3) is 0.412. The molecule has 0 radical (unpaired) electrons. The lowest BCUT2D eigenvalue weighted by molar-refractivity contribution is -0.116. The number of amides is 1. The Hall–Kier alpha value is -1.50. The fourth-order valence-electron chi connectivity index (χ4n) is 2.70. The third kappa shape index (κ3) is 4.28. The van der Waals surface area contributed by atoms with Gasteiger partial charge in [0.1, 0.15) is 0 Å². The predicted octanol–water partition coefficient (Wildman–Crippen LogP) is 3.09. The third-order valence-electron chi connectivity index (χ3n) is 4.07. The number of carbonyl (C=O) groups excluding carboxylic acids is 1. The second kappa shape index (κ2) is 7.38. The van der Waals surface area contributed by atoms with E-state index in [0.29, 0.717) is 12.6 Å². The van der Waals surface area contributed by atoms with Crippen molar-refractivity contribution in [3.05, 3.63) is 44.0 Å². The SMILES string of the molecule is Cc1ncc(/C=C/C(=O)NC[C@H](C)N2CCc3sccc3C2)s1. The van der Waals surface area contributed by atoms with E-state index < -0.39 is 0 Å². The van der Waals surface area contributed by atoms with Crippen LogP contribution in [-0.4, -0.2) is 34.9 Å². The normalized spacial score (nSPS) is 16.4. The van der Waals surface area contributed by atoms with Crippen molar-refractivity contribution < 1.29 is 4.79 Å². The topological polar surface area (TPSA) is 45.2 Å². The minimum atomic E-state index is -0.0452. The van der Waals surface area contributed by atoms with Gasteiger partial charge in [-0.1, -0.05) is 0 Å². The average molecular weight is 348 g/mol. The Kier molecular flexibility index (Phi) is 5.25. The lowest BCUT2D eigenvalue weighted by Gasteiger charge is -2.32. The van der Waals surface area contributed by atoms with Crippen molar-refractivity contribution >= 4 is 34.7 Å². The molecule has 0 saturated carbocycles. The maximum Gasteiger partial charge on any atom is 0.244 e. The van der Waals surface area contributed by atoms with E-state index in [4.69, 9.17) is 0 Å². The van der Waals surface area contributed by atoms with Gasteiger partial charge in [0.05, 0.1) is 5.01 Å². The fourth-order valence-corrected chi connectivity index (χ4v) is 4.27. The number of aromatic nitrogens is 1. The molecule has 0 aliphatic carbocycles. The van der Waals surface area contributed by atoms with E-state index in [1.54, 1.807) is 23.6 Å². The summed E-state index contributed by atoms with van der Waals surface area (Å²) in [6.07, 6.45) is 6.32. The summed E-state index contributed by atoms with van der Waals surface area (Å²) in [5, 5.41) is 6.18. The van der Waals surface area contributed by atoms with Crippen molar-refractivity contribution in [3.63, 3.8) is 0 Å². The van der Waals surface area contributed by atoms with Gasteiger partial charge in [-0.2, -0.15) is 0 Å². The van der Waals surface area contributed by atoms with E-state index in [9.17, 15) is 4.79 Å². The van der Waals surface area contributed by atoms with E-state index in [1.807, 2.05) is 24.3 Å². The van der Waals surface area contributed by atoms with E-state index in [2.05, 4.69) is 33.6 Å². The standard InChI is InChI=1S/C17H21N3OS2/c1-12(20-7-5-16-14(11-20)6-8-22-16)9-19-17(21)4-3-15-10-18-13(2)23-15/h3-4,6,8,10,12H,5,7,9,11H2,1-2H3,(H,19,21)/b4-3+/t12-/m0/s1. The number of hydrogen-bond donors (Lipinski definition) is 1. The van der Waals surface area contributed by atoms with Gasteiger partial charge in [-0.05, 0) is 43.4 Å². The summed E-state index contributed by atoms with van der Waals surface area (Å²) >= 11 is 3.44. The van der Waals surface area contributed by atoms with Gasteiger partial charge in [-0.3, -0.25) is 9.69 Å². The molecule has 1 N–H and O–H groups in total. The Morgan fingerprint density at radius 1 is 1.57 bits per heavy atom. The summed E-state index contributed by atoms with van der Waals surface area (Å²) in [5.74, 6) is -0.0452. The lowest BCUT2D eigenvalue weighted by Crippen LogP contribution is -2.43. The highest BCUT2D eigenvalue weighted by atomic mass is 32.1. The van der Waals surface area contributed by atoms with Crippen molar-refractivity contribution in [3.8, 4) is 0 Å². The molecule has 23 heavy (non-hydrogen) atoms. The zero-order valence-electron chi connectivity index (χ0n) is 13.4. The van der Waals surface area contributed by atoms with Crippen LogP contribution in [0, 0.1) is 6.92 Å². The number of nitrogens with one attached hydrogen (secondary N) is 1. The summed E-state index contributed by atoms with van der Waals surface area (Å²) in [5.41, 5.74) is 1.44. The van der Waals surface area contributed by atoms with Crippen LogP contribution in [-0.2, 0) is 17.8 Å². The maximum atomic E-state index is 11.9. The molecular formula is C17H21N3OS2. The van der Waals surface area contributed by atoms with Crippen LogP contribution in [0.15, 0.2) is 23.7 Å². The first-order valence-electron chi connectivity index (χ1n) is 7.79. The molecule has 6 heteroatoms. The van der Waals surface area contributed by atoms with E-state index >= 15 is 0 Å². The summed E-state index contributed by atoms with van der Waals surface area (Å²) in [4.78, 5) is 21.1. The quantitative estimate of drug-likeness (QED) is 0.846. The summed E-state index contributed by atoms with van der Waals surface area (Å²) in [7, 11) is 0. The molecule has 2 aromatic rings. The summed E-state index contributed by atoms with van der Waals surface area (Å²) in [6, 6.07) is 2.56. The Labute approximate surface area is 144 Å².